The van der Waals surface area contributed by atoms with Crippen LogP contribution in [0.3, 0.4) is 0 Å². The molecule has 2 rings (SSSR count). The molecule has 3 unspecified atom stereocenters. The molecule has 1 saturated heterocycles. The van der Waals surface area contributed by atoms with Crippen molar-refractivity contribution in [2.45, 2.75) is 44.4 Å². The van der Waals surface area contributed by atoms with Gasteiger partial charge >= 0.3 is 5.97 Å². The molecule has 25 heavy (non-hydrogen) atoms. The van der Waals surface area contributed by atoms with E-state index >= 15 is 0 Å². The number of hydrogen-bond acceptors (Lipinski definition) is 4. The zero-order chi connectivity index (χ0) is 18.4. The third kappa shape index (κ3) is 5.03. The van der Waals surface area contributed by atoms with Gasteiger partial charge in [0.15, 0.2) is 0 Å². The molecule has 0 radical (unpaired) electrons. The highest BCUT2D eigenvalue weighted by Gasteiger charge is 2.37. The number of nitrogens with one attached hydrogen (secondary N) is 1. The summed E-state index contributed by atoms with van der Waals surface area (Å²) in [6.07, 6.45) is 2.08. The maximum absolute atomic E-state index is 12.6. The highest BCUT2D eigenvalue weighted by atomic mass is 16.5. The van der Waals surface area contributed by atoms with Crippen LogP contribution in [0.4, 0.5) is 0 Å². The highest BCUT2D eigenvalue weighted by molar-refractivity contribution is 5.85. The fraction of sp³-hybridized carbons (Fsp3) is 0.579. The predicted molar refractivity (Wildman–Crippen MR) is 95.3 cm³/mol. The van der Waals surface area contributed by atoms with Gasteiger partial charge in [-0.25, -0.2) is 4.79 Å². The molecule has 138 valence electrons. The summed E-state index contributed by atoms with van der Waals surface area (Å²) in [5.74, 6) is -1.74. The van der Waals surface area contributed by atoms with Crippen molar-refractivity contribution >= 4 is 11.9 Å². The van der Waals surface area contributed by atoms with E-state index in [1.54, 1.807) is 14.0 Å². The van der Waals surface area contributed by atoms with Gasteiger partial charge in [-0.05, 0) is 32.0 Å². The standard InChI is InChI=1S/C19H28N2O4/c1-13(17(25-3)16-10-7-11-21(16)2)18(22)20-15(19(23)24)12-14-8-5-4-6-9-14/h4-6,8-9,13,15-17H,7,10-12H2,1-3H3,(H,20,22)(H,23,24)/t13?,15-,16?,17?/m0/s1. The van der Waals surface area contributed by atoms with Gasteiger partial charge < -0.3 is 20.1 Å². The van der Waals surface area contributed by atoms with Gasteiger partial charge in [-0.1, -0.05) is 37.3 Å². The molecule has 0 spiro atoms. The van der Waals surface area contributed by atoms with Gasteiger partial charge in [0, 0.05) is 19.6 Å². The van der Waals surface area contributed by atoms with Crippen LogP contribution >= 0.6 is 0 Å². The van der Waals surface area contributed by atoms with E-state index < -0.39 is 17.9 Å². The van der Waals surface area contributed by atoms with Crippen LogP contribution < -0.4 is 5.32 Å². The van der Waals surface area contributed by atoms with Gasteiger partial charge in [0.1, 0.15) is 6.04 Å². The molecule has 6 nitrogen and oxygen atoms in total. The van der Waals surface area contributed by atoms with Gasteiger partial charge in [-0.15, -0.1) is 0 Å². The monoisotopic (exact) mass is 348 g/mol. The minimum atomic E-state index is -1.03. The fourth-order valence-corrected chi connectivity index (χ4v) is 3.55. The zero-order valence-electron chi connectivity index (χ0n) is 15.1. The number of likely N-dealkylation sites (tertiary alicyclic amines) is 1. The first-order valence-corrected chi connectivity index (χ1v) is 8.74. The number of ether oxygens (including phenoxy) is 1. The Balaban J connectivity index is 2.02. The number of carbonyl (C=O) groups excluding carboxylic acids is 1. The molecule has 4 atom stereocenters. The SMILES string of the molecule is COC(C(C)C(=O)N[C@@H](Cc1ccccc1)C(=O)O)C1CCCN1C. The molecule has 0 aliphatic carbocycles. The number of amides is 1. The second-order valence-corrected chi connectivity index (χ2v) is 6.77. The van der Waals surface area contributed by atoms with E-state index in [1.807, 2.05) is 37.4 Å². The predicted octanol–water partition coefficient (Wildman–Crippen LogP) is 1.54. The van der Waals surface area contributed by atoms with E-state index in [0.717, 1.165) is 24.9 Å². The maximum atomic E-state index is 12.6. The van der Waals surface area contributed by atoms with Crippen LogP contribution in [0.2, 0.25) is 0 Å². The van der Waals surface area contributed by atoms with Crippen LogP contribution in [0, 0.1) is 5.92 Å². The summed E-state index contributed by atoms with van der Waals surface area (Å²) in [5, 5.41) is 12.1. The van der Waals surface area contributed by atoms with Crippen LogP contribution in [-0.4, -0.2) is 60.8 Å². The zero-order valence-corrected chi connectivity index (χ0v) is 15.1. The summed E-state index contributed by atoms with van der Waals surface area (Å²) in [7, 11) is 3.64. The molecule has 0 saturated carbocycles. The largest absolute Gasteiger partial charge is 0.480 e. The third-order valence-electron chi connectivity index (χ3n) is 5.03. The average molecular weight is 348 g/mol. The van der Waals surface area contributed by atoms with Gasteiger partial charge in [0.05, 0.1) is 12.0 Å². The van der Waals surface area contributed by atoms with Crippen LogP contribution in [0.25, 0.3) is 0 Å². The maximum Gasteiger partial charge on any atom is 0.326 e. The molecule has 6 heteroatoms. The quantitative estimate of drug-likeness (QED) is 0.745. The molecular formula is C19H28N2O4. The van der Waals surface area contributed by atoms with E-state index in [0.29, 0.717) is 0 Å². The first-order valence-electron chi connectivity index (χ1n) is 8.74. The molecule has 1 aliphatic rings. The van der Waals surface area contributed by atoms with E-state index in [-0.39, 0.29) is 24.5 Å². The molecule has 1 heterocycles. The Kier molecular flexibility index (Phi) is 6.96. The van der Waals surface area contributed by atoms with Crippen molar-refractivity contribution in [1.29, 1.82) is 0 Å². The van der Waals surface area contributed by atoms with Gasteiger partial charge in [-0.2, -0.15) is 0 Å². The van der Waals surface area contributed by atoms with Crippen LogP contribution in [0.5, 0.6) is 0 Å². The Labute approximate surface area is 149 Å². The lowest BCUT2D eigenvalue weighted by Gasteiger charge is -2.32. The third-order valence-corrected chi connectivity index (χ3v) is 5.03. The van der Waals surface area contributed by atoms with Gasteiger partial charge in [0.25, 0.3) is 0 Å². The number of likely N-dealkylation sites (N-methyl/N-ethyl adjacent to an activating group) is 1. The van der Waals surface area contributed by atoms with Gasteiger partial charge in [-0.3, -0.25) is 4.79 Å². The second-order valence-electron chi connectivity index (χ2n) is 6.77. The van der Waals surface area contributed by atoms with Crippen LogP contribution in [0.15, 0.2) is 30.3 Å². The first-order chi connectivity index (χ1) is 11.9. The summed E-state index contributed by atoms with van der Waals surface area (Å²) in [6, 6.07) is 8.54. The molecule has 0 bridgehead atoms. The summed E-state index contributed by atoms with van der Waals surface area (Å²) in [6.45, 7) is 2.79. The molecule has 1 fully saturated rings. The fourth-order valence-electron chi connectivity index (χ4n) is 3.55. The van der Waals surface area contributed by atoms with Crippen molar-refractivity contribution in [2.24, 2.45) is 5.92 Å². The minimum Gasteiger partial charge on any atom is -0.480 e. The second kappa shape index (κ2) is 8.97. The number of carbonyl (C=O) groups is 2. The molecule has 0 aromatic heterocycles. The number of hydrogen-bond donors (Lipinski definition) is 2. The smallest absolute Gasteiger partial charge is 0.326 e. The topological polar surface area (TPSA) is 78.9 Å². The number of benzene rings is 1. The average Bonchev–Trinajstić information content (AvgIpc) is 3.01. The normalized spacial score (nSPS) is 21.5. The van der Waals surface area contributed by atoms with E-state index in [2.05, 4.69) is 10.2 Å². The van der Waals surface area contributed by atoms with Crippen molar-refractivity contribution in [3.63, 3.8) is 0 Å². The van der Waals surface area contributed by atoms with Crippen molar-refractivity contribution in [3.8, 4) is 0 Å². The number of methoxy groups -OCH3 is 1. The number of rotatable bonds is 8. The molecule has 1 aliphatic heterocycles. The van der Waals surface area contributed by atoms with Crippen molar-refractivity contribution in [3.05, 3.63) is 35.9 Å². The van der Waals surface area contributed by atoms with E-state index in [1.165, 1.54) is 0 Å². The lowest BCUT2D eigenvalue weighted by atomic mass is 9.94. The van der Waals surface area contributed by atoms with Crippen molar-refractivity contribution in [1.82, 2.24) is 10.2 Å². The van der Waals surface area contributed by atoms with E-state index in [9.17, 15) is 14.7 Å². The molecule has 1 amide bonds. The molecule has 1 aromatic carbocycles. The van der Waals surface area contributed by atoms with Crippen molar-refractivity contribution in [2.75, 3.05) is 20.7 Å². The number of carboxylic acids is 1. The Morgan fingerprint density at radius 3 is 2.56 bits per heavy atom. The Hall–Kier alpha value is -1.92. The summed E-state index contributed by atoms with van der Waals surface area (Å²) in [5.41, 5.74) is 0.877. The van der Waals surface area contributed by atoms with Gasteiger partial charge in [0.2, 0.25) is 5.91 Å². The summed E-state index contributed by atoms with van der Waals surface area (Å²) < 4.78 is 5.60. The molecular weight excluding hydrogens is 320 g/mol. The molecule has 1 aromatic rings. The Bertz CT molecular complexity index is 578. The van der Waals surface area contributed by atoms with Crippen molar-refractivity contribution < 1.29 is 19.4 Å². The van der Waals surface area contributed by atoms with Crippen LogP contribution in [0.1, 0.15) is 25.3 Å². The number of carboxylic acid groups (broad SMARTS) is 1. The summed E-state index contributed by atoms with van der Waals surface area (Å²) in [4.78, 5) is 26.4. The molecule has 2 N–H and O–H groups in total. The minimum absolute atomic E-state index is 0.183. The lowest BCUT2D eigenvalue weighted by Crippen LogP contribution is -2.50. The summed E-state index contributed by atoms with van der Waals surface area (Å²) >= 11 is 0. The number of nitrogens with zero attached hydrogens (tertiary/aromatic N) is 1. The van der Waals surface area contributed by atoms with Crippen LogP contribution in [-0.2, 0) is 20.7 Å². The number of aliphatic carboxylic acids is 1. The Morgan fingerprint density at radius 2 is 2.04 bits per heavy atom. The highest BCUT2D eigenvalue weighted by Crippen LogP contribution is 2.24. The lowest BCUT2D eigenvalue weighted by molar-refractivity contribution is -0.143. The first kappa shape index (κ1) is 19.4. The van der Waals surface area contributed by atoms with E-state index in [4.69, 9.17) is 4.74 Å². The Morgan fingerprint density at radius 1 is 1.36 bits per heavy atom.